The third-order valence-electron chi connectivity index (χ3n) is 4.34. The van der Waals surface area contributed by atoms with Gasteiger partial charge in [-0.15, -0.1) is 11.3 Å². The lowest BCUT2D eigenvalue weighted by molar-refractivity contribution is 1.24. The summed E-state index contributed by atoms with van der Waals surface area (Å²) in [4.78, 5) is 0. The molecule has 0 saturated carbocycles. The molecule has 0 aliphatic rings. The molecule has 5 aromatic rings. The SMILES string of the molecule is Clc1cccc2c1c1ccccc1n2-c1scc2ccccc12. The van der Waals surface area contributed by atoms with Gasteiger partial charge >= 0.3 is 0 Å². The van der Waals surface area contributed by atoms with E-state index in [0.717, 1.165) is 15.9 Å². The van der Waals surface area contributed by atoms with Crippen LogP contribution in [0.5, 0.6) is 0 Å². The first kappa shape index (κ1) is 13.2. The van der Waals surface area contributed by atoms with Crippen molar-refractivity contribution in [3.63, 3.8) is 0 Å². The van der Waals surface area contributed by atoms with E-state index in [4.69, 9.17) is 11.6 Å². The number of hydrogen-bond donors (Lipinski definition) is 0. The van der Waals surface area contributed by atoms with Crippen LogP contribution in [0.2, 0.25) is 5.02 Å². The van der Waals surface area contributed by atoms with Crippen LogP contribution in [-0.4, -0.2) is 4.57 Å². The van der Waals surface area contributed by atoms with Crippen LogP contribution in [0.1, 0.15) is 0 Å². The highest BCUT2D eigenvalue weighted by Crippen LogP contribution is 2.39. The van der Waals surface area contributed by atoms with Gasteiger partial charge in [0.2, 0.25) is 0 Å². The number of aromatic nitrogens is 1. The summed E-state index contributed by atoms with van der Waals surface area (Å²) in [6.45, 7) is 0. The second-order valence-electron chi connectivity index (χ2n) is 5.61. The largest absolute Gasteiger partial charge is 0.300 e. The summed E-state index contributed by atoms with van der Waals surface area (Å²) in [5.74, 6) is 0. The summed E-state index contributed by atoms with van der Waals surface area (Å²) in [5, 5.41) is 9.15. The molecule has 0 aliphatic carbocycles. The molecule has 2 aromatic heterocycles. The first-order chi connectivity index (χ1) is 11.3. The Balaban J connectivity index is 2.03. The molecule has 0 N–H and O–H groups in total. The molecule has 0 fully saturated rings. The monoisotopic (exact) mass is 333 g/mol. The Morgan fingerprint density at radius 2 is 1.48 bits per heavy atom. The maximum atomic E-state index is 6.52. The Kier molecular flexibility index (Phi) is 2.78. The summed E-state index contributed by atoms with van der Waals surface area (Å²) in [7, 11) is 0. The van der Waals surface area contributed by atoms with Gasteiger partial charge in [0.1, 0.15) is 5.00 Å². The number of hydrogen-bond acceptors (Lipinski definition) is 1. The molecule has 0 radical (unpaired) electrons. The van der Waals surface area contributed by atoms with Crippen molar-refractivity contribution in [2.45, 2.75) is 0 Å². The van der Waals surface area contributed by atoms with E-state index in [2.05, 4.69) is 64.5 Å². The fourth-order valence-electron chi connectivity index (χ4n) is 3.34. The molecule has 2 heterocycles. The van der Waals surface area contributed by atoms with Crippen molar-refractivity contribution in [2.24, 2.45) is 0 Å². The summed E-state index contributed by atoms with van der Waals surface area (Å²) in [5.41, 5.74) is 2.36. The van der Waals surface area contributed by atoms with Gasteiger partial charge in [0.05, 0.1) is 16.1 Å². The standard InChI is InChI=1S/C20H12ClNS/c21-16-9-5-11-18-19(16)15-8-3-4-10-17(15)22(18)20-14-7-2-1-6-13(14)12-23-20/h1-12H. The number of halogens is 1. The lowest BCUT2D eigenvalue weighted by Crippen LogP contribution is -1.90. The van der Waals surface area contributed by atoms with Crippen molar-refractivity contribution in [1.29, 1.82) is 0 Å². The number of fused-ring (bicyclic) bond motifs is 4. The third kappa shape index (κ3) is 1.79. The number of thiophene rings is 1. The Hall–Kier alpha value is -2.29. The van der Waals surface area contributed by atoms with Gasteiger partial charge in [0.25, 0.3) is 0 Å². The van der Waals surface area contributed by atoms with Crippen LogP contribution in [0.3, 0.4) is 0 Å². The van der Waals surface area contributed by atoms with E-state index in [-0.39, 0.29) is 0 Å². The van der Waals surface area contributed by atoms with Gasteiger partial charge in [0, 0.05) is 21.5 Å². The fourth-order valence-corrected chi connectivity index (χ4v) is 4.68. The first-order valence-electron chi connectivity index (χ1n) is 7.49. The smallest absolute Gasteiger partial charge is 0.108 e. The molecule has 0 unspecified atom stereocenters. The Morgan fingerprint density at radius 3 is 2.39 bits per heavy atom. The van der Waals surface area contributed by atoms with Crippen molar-refractivity contribution in [1.82, 2.24) is 4.57 Å². The van der Waals surface area contributed by atoms with Gasteiger partial charge < -0.3 is 4.57 Å². The zero-order chi connectivity index (χ0) is 15.4. The van der Waals surface area contributed by atoms with Gasteiger partial charge in [-0.25, -0.2) is 0 Å². The molecule has 0 atom stereocenters. The van der Waals surface area contributed by atoms with E-state index < -0.39 is 0 Å². The molecule has 0 saturated heterocycles. The fraction of sp³-hybridized carbons (Fsp3) is 0. The average Bonchev–Trinajstić information content (AvgIpc) is 3.14. The normalized spacial score (nSPS) is 11.7. The lowest BCUT2D eigenvalue weighted by Gasteiger charge is -2.06. The maximum absolute atomic E-state index is 6.52. The zero-order valence-electron chi connectivity index (χ0n) is 12.2. The van der Waals surface area contributed by atoms with E-state index in [9.17, 15) is 0 Å². The highest BCUT2D eigenvalue weighted by atomic mass is 35.5. The topological polar surface area (TPSA) is 4.93 Å². The number of para-hydroxylation sites is 1. The molecular formula is C20H12ClNS. The molecule has 5 rings (SSSR count). The minimum Gasteiger partial charge on any atom is -0.300 e. The zero-order valence-corrected chi connectivity index (χ0v) is 13.7. The molecule has 0 aliphatic heterocycles. The third-order valence-corrected chi connectivity index (χ3v) is 5.65. The first-order valence-corrected chi connectivity index (χ1v) is 8.74. The van der Waals surface area contributed by atoms with E-state index in [0.29, 0.717) is 0 Å². The van der Waals surface area contributed by atoms with Crippen LogP contribution >= 0.6 is 22.9 Å². The van der Waals surface area contributed by atoms with Gasteiger partial charge in [-0.1, -0.05) is 60.1 Å². The summed E-state index contributed by atoms with van der Waals surface area (Å²) in [6.07, 6.45) is 0. The molecule has 23 heavy (non-hydrogen) atoms. The van der Waals surface area contributed by atoms with Crippen LogP contribution in [-0.2, 0) is 0 Å². The molecule has 110 valence electrons. The van der Waals surface area contributed by atoms with Crippen molar-refractivity contribution in [3.05, 3.63) is 77.1 Å². The lowest BCUT2D eigenvalue weighted by atomic mass is 10.1. The minimum atomic E-state index is 0.804. The number of benzene rings is 3. The minimum absolute atomic E-state index is 0.804. The van der Waals surface area contributed by atoms with Gasteiger partial charge in [-0.3, -0.25) is 0 Å². The molecule has 0 amide bonds. The van der Waals surface area contributed by atoms with Crippen LogP contribution < -0.4 is 0 Å². The van der Waals surface area contributed by atoms with Crippen LogP contribution in [0.25, 0.3) is 37.6 Å². The summed E-state index contributed by atoms with van der Waals surface area (Å²) >= 11 is 8.30. The molecule has 3 aromatic carbocycles. The van der Waals surface area contributed by atoms with Crippen molar-refractivity contribution in [2.75, 3.05) is 0 Å². The van der Waals surface area contributed by atoms with Gasteiger partial charge in [-0.2, -0.15) is 0 Å². The van der Waals surface area contributed by atoms with E-state index in [1.807, 2.05) is 12.1 Å². The second-order valence-corrected chi connectivity index (χ2v) is 6.88. The molecule has 0 spiro atoms. The Labute approximate surface area is 142 Å². The molecule has 3 heteroatoms. The van der Waals surface area contributed by atoms with E-state index in [1.165, 1.54) is 26.7 Å². The quantitative estimate of drug-likeness (QED) is 0.323. The molecule has 0 bridgehead atoms. The van der Waals surface area contributed by atoms with E-state index in [1.54, 1.807) is 11.3 Å². The van der Waals surface area contributed by atoms with Crippen molar-refractivity contribution >= 4 is 55.5 Å². The van der Waals surface area contributed by atoms with Crippen LogP contribution in [0.4, 0.5) is 0 Å². The predicted octanol–water partition coefficient (Wildman–Crippen LogP) is 6.65. The van der Waals surface area contributed by atoms with Gasteiger partial charge in [-0.05, 0) is 23.6 Å². The second kappa shape index (κ2) is 4.85. The van der Waals surface area contributed by atoms with Crippen LogP contribution in [0.15, 0.2) is 72.1 Å². The predicted molar refractivity (Wildman–Crippen MR) is 101 cm³/mol. The molecule has 1 nitrogen and oxygen atoms in total. The number of nitrogens with zero attached hydrogens (tertiary/aromatic N) is 1. The highest BCUT2D eigenvalue weighted by Gasteiger charge is 2.16. The highest BCUT2D eigenvalue weighted by molar-refractivity contribution is 7.14. The van der Waals surface area contributed by atoms with Crippen molar-refractivity contribution < 1.29 is 0 Å². The maximum Gasteiger partial charge on any atom is 0.108 e. The van der Waals surface area contributed by atoms with Gasteiger partial charge in [0.15, 0.2) is 0 Å². The Morgan fingerprint density at radius 1 is 0.739 bits per heavy atom. The summed E-state index contributed by atoms with van der Waals surface area (Å²) < 4.78 is 2.34. The van der Waals surface area contributed by atoms with E-state index >= 15 is 0 Å². The summed E-state index contributed by atoms with van der Waals surface area (Å²) in [6, 6.07) is 23.1. The average molecular weight is 334 g/mol. The molecular weight excluding hydrogens is 322 g/mol. The van der Waals surface area contributed by atoms with Crippen LogP contribution in [0, 0.1) is 0 Å². The Bertz CT molecular complexity index is 1180. The van der Waals surface area contributed by atoms with Crippen molar-refractivity contribution in [3.8, 4) is 5.00 Å². The number of rotatable bonds is 1.